The summed E-state index contributed by atoms with van der Waals surface area (Å²) in [5.41, 5.74) is 0.841. The largest absolute Gasteiger partial charge is 0.353 e. The van der Waals surface area contributed by atoms with E-state index in [1.54, 1.807) is 0 Å². The van der Waals surface area contributed by atoms with E-state index in [2.05, 4.69) is 26.1 Å². The Hall–Kier alpha value is -0.530. The maximum absolute atomic E-state index is 13.3. The van der Waals surface area contributed by atoms with Crippen LogP contribution in [-0.4, -0.2) is 11.9 Å². The van der Waals surface area contributed by atoms with Crippen LogP contribution in [-0.2, 0) is 4.79 Å². The molecule has 1 amide bonds. The first kappa shape index (κ1) is 15.0. The number of nitrogens with one attached hydrogen (secondary N) is 1. The van der Waals surface area contributed by atoms with Gasteiger partial charge in [0.25, 0.3) is 0 Å². The SMILES string of the molecule is C[C@@H]1CCCC[C@@H]1NC(=O)C12CC3C[C@@](C)(C1)C[C@@](C)(C3)C2. The molecule has 0 unspecified atom stereocenters. The molecule has 0 aromatic rings. The molecule has 2 nitrogen and oxygen atoms in total. The van der Waals surface area contributed by atoms with E-state index in [1.807, 2.05) is 0 Å². The Balaban J connectivity index is 1.55. The quantitative estimate of drug-likeness (QED) is 0.788. The Bertz CT molecular complexity index is 466. The first-order valence-corrected chi connectivity index (χ1v) is 9.63. The van der Waals surface area contributed by atoms with E-state index in [1.165, 1.54) is 51.4 Å². The summed E-state index contributed by atoms with van der Waals surface area (Å²) in [5, 5.41) is 3.52. The van der Waals surface area contributed by atoms with Crippen LogP contribution in [0, 0.1) is 28.1 Å². The topological polar surface area (TPSA) is 29.1 Å². The van der Waals surface area contributed by atoms with Crippen molar-refractivity contribution in [2.75, 3.05) is 0 Å². The molecular weight excluding hydrogens is 270 g/mol. The molecule has 1 N–H and O–H groups in total. The monoisotopic (exact) mass is 303 g/mol. The fourth-order valence-electron chi connectivity index (χ4n) is 7.55. The molecule has 4 atom stereocenters. The Morgan fingerprint density at radius 3 is 2.18 bits per heavy atom. The maximum atomic E-state index is 13.3. The van der Waals surface area contributed by atoms with E-state index in [4.69, 9.17) is 0 Å². The van der Waals surface area contributed by atoms with Gasteiger partial charge < -0.3 is 5.32 Å². The van der Waals surface area contributed by atoms with E-state index in [0.29, 0.717) is 28.7 Å². The van der Waals surface area contributed by atoms with Crippen molar-refractivity contribution in [1.82, 2.24) is 5.32 Å². The van der Waals surface area contributed by atoms with Crippen molar-refractivity contribution in [2.24, 2.45) is 28.1 Å². The van der Waals surface area contributed by atoms with Crippen molar-refractivity contribution in [2.45, 2.75) is 91.0 Å². The van der Waals surface area contributed by atoms with Gasteiger partial charge in [0.15, 0.2) is 0 Å². The molecule has 5 aliphatic carbocycles. The molecule has 0 spiro atoms. The molecule has 0 saturated heterocycles. The van der Waals surface area contributed by atoms with E-state index >= 15 is 0 Å². The highest BCUT2D eigenvalue weighted by molar-refractivity contribution is 5.83. The molecule has 0 radical (unpaired) electrons. The highest BCUT2D eigenvalue weighted by Crippen LogP contribution is 2.69. The molecule has 0 aromatic carbocycles. The number of rotatable bonds is 2. The molecule has 5 saturated carbocycles. The molecule has 5 rings (SSSR count). The lowest BCUT2D eigenvalue weighted by molar-refractivity contribution is -0.171. The van der Waals surface area contributed by atoms with Crippen molar-refractivity contribution in [3.63, 3.8) is 0 Å². The van der Waals surface area contributed by atoms with Gasteiger partial charge in [0.05, 0.1) is 5.41 Å². The molecule has 5 aliphatic rings. The van der Waals surface area contributed by atoms with E-state index in [9.17, 15) is 4.79 Å². The number of carbonyl (C=O) groups excluding carboxylic acids is 1. The van der Waals surface area contributed by atoms with Crippen LogP contribution in [0.15, 0.2) is 0 Å². The van der Waals surface area contributed by atoms with Crippen molar-refractivity contribution >= 4 is 5.91 Å². The second-order valence-electron chi connectivity index (χ2n) is 10.3. The summed E-state index contributed by atoms with van der Waals surface area (Å²) < 4.78 is 0. The van der Waals surface area contributed by atoms with Gasteiger partial charge >= 0.3 is 0 Å². The summed E-state index contributed by atoms with van der Waals surface area (Å²) in [7, 11) is 0. The average molecular weight is 303 g/mol. The summed E-state index contributed by atoms with van der Waals surface area (Å²) in [4.78, 5) is 13.3. The highest BCUT2D eigenvalue weighted by Gasteiger charge is 2.62. The molecule has 4 bridgehead atoms. The smallest absolute Gasteiger partial charge is 0.226 e. The summed E-state index contributed by atoms with van der Waals surface area (Å²) in [6.45, 7) is 7.24. The van der Waals surface area contributed by atoms with Gasteiger partial charge in [0, 0.05) is 6.04 Å². The number of carbonyl (C=O) groups is 1. The number of hydrogen-bond acceptors (Lipinski definition) is 1. The Labute approximate surface area is 135 Å². The van der Waals surface area contributed by atoms with Gasteiger partial charge in [-0.15, -0.1) is 0 Å². The predicted molar refractivity (Wildman–Crippen MR) is 89.4 cm³/mol. The minimum Gasteiger partial charge on any atom is -0.353 e. The van der Waals surface area contributed by atoms with E-state index in [-0.39, 0.29) is 5.41 Å². The normalized spacial score (nSPS) is 53.5. The summed E-state index contributed by atoms with van der Waals surface area (Å²) >= 11 is 0. The molecule has 2 heteroatoms. The molecule has 0 aliphatic heterocycles. The zero-order chi connectivity index (χ0) is 15.6. The summed E-state index contributed by atoms with van der Waals surface area (Å²) in [6.07, 6.45) is 12.7. The molecule has 124 valence electrons. The average Bonchev–Trinajstić information content (AvgIpc) is 2.37. The van der Waals surface area contributed by atoms with Crippen LogP contribution in [0.25, 0.3) is 0 Å². The zero-order valence-electron chi connectivity index (χ0n) is 14.7. The highest BCUT2D eigenvalue weighted by atomic mass is 16.2. The van der Waals surface area contributed by atoms with Crippen molar-refractivity contribution in [1.29, 1.82) is 0 Å². The van der Waals surface area contributed by atoms with Gasteiger partial charge in [0.1, 0.15) is 0 Å². The minimum atomic E-state index is -0.0277. The third-order valence-electron chi connectivity index (χ3n) is 7.54. The number of hydrogen-bond donors (Lipinski definition) is 1. The van der Waals surface area contributed by atoms with Gasteiger partial charge in [-0.25, -0.2) is 0 Å². The second-order valence-corrected chi connectivity index (χ2v) is 10.3. The Morgan fingerprint density at radius 1 is 0.955 bits per heavy atom. The molecule has 0 heterocycles. The Morgan fingerprint density at radius 2 is 1.59 bits per heavy atom. The first-order valence-electron chi connectivity index (χ1n) is 9.63. The van der Waals surface area contributed by atoms with Crippen LogP contribution in [0.3, 0.4) is 0 Å². The van der Waals surface area contributed by atoms with Gasteiger partial charge in [-0.1, -0.05) is 33.6 Å². The molecular formula is C20H33NO. The number of amides is 1. The van der Waals surface area contributed by atoms with Crippen molar-refractivity contribution in [3.8, 4) is 0 Å². The van der Waals surface area contributed by atoms with Gasteiger partial charge in [-0.05, 0) is 74.0 Å². The minimum absolute atomic E-state index is 0.0277. The summed E-state index contributed by atoms with van der Waals surface area (Å²) in [5.74, 6) is 1.89. The second kappa shape index (κ2) is 4.74. The molecule has 0 aromatic heterocycles. The van der Waals surface area contributed by atoms with Crippen LogP contribution in [0.1, 0.15) is 85.0 Å². The van der Waals surface area contributed by atoms with E-state index < -0.39 is 0 Å². The van der Waals surface area contributed by atoms with Crippen LogP contribution >= 0.6 is 0 Å². The molecule has 22 heavy (non-hydrogen) atoms. The maximum Gasteiger partial charge on any atom is 0.226 e. The summed E-state index contributed by atoms with van der Waals surface area (Å²) in [6, 6.07) is 0.440. The zero-order valence-corrected chi connectivity index (χ0v) is 14.7. The van der Waals surface area contributed by atoms with Crippen LogP contribution in [0.2, 0.25) is 0 Å². The Kier molecular flexibility index (Phi) is 3.24. The third kappa shape index (κ3) is 2.32. The predicted octanol–water partition coefficient (Wildman–Crippen LogP) is 4.68. The fourth-order valence-corrected chi connectivity index (χ4v) is 7.55. The van der Waals surface area contributed by atoms with Crippen LogP contribution < -0.4 is 5.32 Å². The van der Waals surface area contributed by atoms with Crippen LogP contribution in [0.4, 0.5) is 0 Å². The van der Waals surface area contributed by atoms with Gasteiger partial charge in [-0.2, -0.15) is 0 Å². The standard InChI is InChI=1S/C20H33NO/c1-14-6-4-5-7-16(14)21-17(22)20-10-15-8-18(2,12-20)11-19(3,9-15)13-20/h14-16H,4-13H2,1-3H3,(H,21,22)/t14-,15?,16+,18-,19-,20?/m1/s1. The van der Waals surface area contributed by atoms with Gasteiger partial charge in [-0.3, -0.25) is 4.79 Å². The third-order valence-corrected chi connectivity index (χ3v) is 7.54. The lowest BCUT2D eigenvalue weighted by atomic mass is 9.40. The van der Waals surface area contributed by atoms with Crippen LogP contribution in [0.5, 0.6) is 0 Å². The lowest BCUT2D eigenvalue weighted by Crippen LogP contribution is -2.61. The molecule has 5 fully saturated rings. The van der Waals surface area contributed by atoms with E-state index in [0.717, 1.165) is 18.8 Å². The van der Waals surface area contributed by atoms with Crippen molar-refractivity contribution < 1.29 is 4.79 Å². The van der Waals surface area contributed by atoms with Gasteiger partial charge in [0.2, 0.25) is 5.91 Å². The van der Waals surface area contributed by atoms with Crippen molar-refractivity contribution in [3.05, 3.63) is 0 Å². The lowest BCUT2D eigenvalue weighted by Gasteiger charge is -2.64. The first-order chi connectivity index (χ1) is 10.3. The fraction of sp³-hybridized carbons (Fsp3) is 0.950.